The number of aliphatic hydroxyl groups is 6. The number of amides is 2. The Morgan fingerprint density at radius 3 is 2.17 bits per heavy atom. The van der Waals surface area contributed by atoms with Gasteiger partial charge in [-0.3, -0.25) is 4.79 Å². The van der Waals surface area contributed by atoms with E-state index >= 15 is 0 Å². The molecule has 0 radical (unpaired) electrons. The zero-order valence-electron chi connectivity index (χ0n) is 18.5. The van der Waals surface area contributed by atoms with Gasteiger partial charge in [-0.15, -0.1) is 0 Å². The van der Waals surface area contributed by atoms with Crippen LogP contribution in [0, 0.1) is 10.7 Å². The smallest absolute Gasteiger partial charge is 0.407 e. The van der Waals surface area contributed by atoms with E-state index in [0.717, 1.165) is 10.7 Å². The molecule has 11 nitrogen and oxygen atoms in total. The fraction of sp³-hybridized carbons (Fsp3) is 0.619. The molecule has 1 saturated carbocycles. The number of halogens is 3. The van der Waals surface area contributed by atoms with Gasteiger partial charge in [-0.2, -0.15) is 0 Å². The normalized spacial score (nSPS) is 29.8. The summed E-state index contributed by atoms with van der Waals surface area (Å²) in [5.41, 5.74) is 0.575. The minimum absolute atomic E-state index is 0.0499. The Morgan fingerprint density at radius 2 is 1.49 bits per heavy atom. The Bertz CT molecular complexity index is 879. The number of carbonyl (C=O) groups excluding carboxylic acids is 2. The van der Waals surface area contributed by atoms with Gasteiger partial charge in [0.05, 0.1) is 23.9 Å². The molecule has 1 aliphatic rings. The lowest BCUT2D eigenvalue weighted by Crippen LogP contribution is -2.52. The Hall–Kier alpha value is -0.0900. The summed E-state index contributed by atoms with van der Waals surface area (Å²) >= 11 is 6.44. The van der Waals surface area contributed by atoms with Crippen LogP contribution in [-0.4, -0.2) is 98.5 Å². The van der Waals surface area contributed by atoms with Crippen LogP contribution in [-0.2, 0) is 4.74 Å². The second kappa shape index (κ2) is 14.7. The van der Waals surface area contributed by atoms with E-state index in [1.165, 1.54) is 0 Å². The highest BCUT2D eigenvalue weighted by Crippen LogP contribution is 2.23. The molecule has 7 atom stereocenters. The molecule has 0 spiro atoms. The van der Waals surface area contributed by atoms with Crippen molar-refractivity contribution in [3.05, 3.63) is 28.4 Å². The van der Waals surface area contributed by atoms with E-state index in [4.69, 9.17) is 4.74 Å². The monoisotopic (exact) mass is 834 g/mol. The molecule has 35 heavy (non-hydrogen) atoms. The third kappa shape index (κ3) is 9.31. The summed E-state index contributed by atoms with van der Waals surface area (Å²) < 4.78 is 8.02. The van der Waals surface area contributed by atoms with Crippen LogP contribution in [0.3, 0.4) is 0 Å². The number of hydrogen-bond donors (Lipinski definition) is 8. The first-order valence-corrected chi connectivity index (χ1v) is 14.1. The largest absolute Gasteiger partial charge is 0.443 e. The molecular weight excluding hydrogens is 805 g/mol. The van der Waals surface area contributed by atoms with Crippen molar-refractivity contribution in [1.29, 1.82) is 0 Å². The summed E-state index contributed by atoms with van der Waals surface area (Å²) in [7, 11) is 0. The topological polar surface area (TPSA) is 189 Å². The van der Waals surface area contributed by atoms with E-state index in [1.807, 2.05) is 6.07 Å². The van der Waals surface area contributed by atoms with Crippen molar-refractivity contribution >= 4 is 79.8 Å². The quantitative estimate of drug-likeness (QED) is 0.112. The zero-order valence-corrected chi connectivity index (χ0v) is 25.0. The molecule has 8 N–H and O–H groups in total. The third-order valence-corrected chi connectivity index (χ3v) is 9.22. The number of rotatable bonds is 6. The molecule has 0 aliphatic heterocycles. The van der Waals surface area contributed by atoms with Gasteiger partial charge in [0.2, 0.25) is 0 Å². The number of ether oxygens (including phenoxy) is 1. The Balaban J connectivity index is 1.81. The van der Waals surface area contributed by atoms with Crippen molar-refractivity contribution in [3.63, 3.8) is 0 Å². The van der Waals surface area contributed by atoms with Gasteiger partial charge in [-0.1, -0.05) is 0 Å². The summed E-state index contributed by atoms with van der Waals surface area (Å²) in [6.45, 7) is 0.484. The van der Waals surface area contributed by atoms with Gasteiger partial charge in [-0.05, 0) is 99.2 Å². The molecule has 1 aliphatic carbocycles. The lowest BCUT2D eigenvalue weighted by molar-refractivity contribution is -0.151. The fourth-order valence-electron chi connectivity index (χ4n) is 3.51. The maximum Gasteiger partial charge on any atom is 0.407 e. The van der Waals surface area contributed by atoms with Gasteiger partial charge < -0.3 is 46.0 Å². The highest BCUT2D eigenvalue weighted by Gasteiger charge is 2.38. The first-order chi connectivity index (χ1) is 16.4. The Kier molecular flexibility index (Phi) is 13.1. The minimum Gasteiger partial charge on any atom is -0.443 e. The van der Waals surface area contributed by atoms with Crippen LogP contribution < -0.4 is 10.6 Å². The molecule has 1 aromatic rings. The summed E-state index contributed by atoms with van der Waals surface area (Å²) in [4.78, 5) is 24.6. The van der Waals surface area contributed by atoms with Crippen molar-refractivity contribution in [1.82, 2.24) is 10.6 Å². The van der Waals surface area contributed by atoms with Crippen molar-refractivity contribution in [2.75, 3.05) is 13.1 Å². The first-order valence-electron chi connectivity index (χ1n) is 10.9. The molecule has 0 aromatic heterocycles. The van der Waals surface area contributed by atoms with Crippen molar-refractivity contribution in [2.45, 2.75) is 68.4 Å². The molecule has 14 heteroatoms. The highest BCUT2D eigenvalue weighted by atomic mass is 127. The molecule has 0 heterocycles. The SMILES string of the molecule is O=C(NCCCNC(=O)c1cc(I)cc(I)c1I)OC1CCC(O)C(O)C(O)C(O)C(O)CC1O. The summed E-state index contributed by atoms with van der Waals surface area (Å²) in [5.74, 6) is -0.218. The second-order valence-electron chi connectivity index (χ2n) is 8.22. The average Bonchev–Trinajstić information content (AvgIpc) is 2.80. The molecule has 2 rings (SSSR count). The molecule has 7 unspecified atom stereocenters. The van der Waals surface area contributed by atoms with Crippen LogP contribution in [0.25, 0.3) is 0 Å². The number of aliphatic hydroxyl groups excluding tert-OH is 6. The number of carbonyl (C=O) groups is 2. The molecular formula is C21H29I3N2O9. The first kappa shape index (κ1) is 31.1. The fourth-order valence-corrected chi connectivity index (χ4v) is 5.91. The van der Waals surface area contributed by atoms with E-state index < -0.39 is 55.2 Å². The number of benzene rings is 1. The van der Waals surface area contributed by atoms with Gasteiger partial charge in [0.1, 0.15) is 24.4 Å². The summed E-state index contributed by atoms with van der Waals surface area (Å²) in [6, 6.07) is 3.77. The highest BCUT2D eigenvalue weighted by molar-refractivity contribution is 14.1. The van der Waals surface area contributed by atoms with Gasteiger partial charge in [0.15, 0.2) is 0 Å². The number of nitrogens with one attached hydrogen (secondary N) is 2. The van der Waals surface area contributed by atoms with Crippen molar-refractivity contribution in [2.24, 2.45) is 0 Å². The number of hydrogen-bond acceptors (Lipinski definition) is 9. The molecule has 0 bridgehead atoms. The van der Waals surface area contributed by atoms with E-state index in [1.54, 1.807) is 6.07 Å². The van der Waals surface area contributed by atoms with Gasteiger partial charge >= 0.3 is 6.09 Å². The van der Waals surface area contributed by atoms with Crippen LogP contribution in [0.4, 0.5) is 4.79 Å². The van der Waals surface area contributed by atoms with Gasteiger partial charge in [0.25, 0.3) is 5.91 Å². The second-order valence-corrected chi connectivity index (χ2v) is 11.7. The maximum atomic E-state index is 12.4. The Morgan fingerprint density at radius 1 is 0.857 bits per heavy atom. The average molecular weight is 834 g/mol. The molecule has 1 fully saturated rings. The zero-order chi connectivity index (χ0) is 26.3. The Labute approximate surface area is 243 Å². The molecule has 2 amide bonds. The van der Waals surface area contributed by atoms with Gasteiger partial charge in [0, 0.05) is 30.2 Å². The minimum atomic E-state index is -1.80. The maximum absolute atomic E-state index is 12.4. The van der Waals surface area contributed by atoms with E-state index in [9.17, 15) is 40.2 Å². The van der Waals surface area contributed by atoms with E-state index in [2.05, 4.69) is 78.4 Å². The standard InChI is InChI=1S/C21H29I3N2O9/c22-9-6-10(16(24)11(23)7-9)20(33)25-4-1-5-26-21(34)35-15-3-2-12(27)17(30)19(32)18(31)14(29)8-13(15)28/h6-7,12-15,17-19,27-32H,1-5,8H2,(H,25,33)(H,26,34). The lowest BCUT2D eigenvalue weighted by atomic mass is 9.89. The van der Waals surface area contributed by atoms with Crippen LogP contribution in [0.5, 0.6) is 0 Å². The van der Waals surface area contributed by atoms with E-state index in [-0.39, 0.29) is 25.3 Å². The predicted octanol–water partition coefficient (Wildman–Crippen LogP) is 0.0644. The lowest BCUT2D eigenvalue weighted by Gasteiger charge is -2.34. The van der Waals surface area contributed by atoms with Crippen LogP contribution in [0.1, 0.15) is 36.0 Å². The third-order valence-electron chi connectivity index (χ3n) is 5.55. The molecule has 1 aromatic carbocycles. The molecule has 0 saturated heterocycles. The predicted molar refractivity (Wildman–Crippen MR) is 150 cm³/mol. The van der Waals surface area contributed by atoms with Crippen LogP contribution in [0.15, 0.2) is 12.1 Å². The van der Waals surface area contributed by atoms with Crippen LogP contribution >= 0.6 is 67.8 Å². The summed E-state index contributed by atoms with van der Waals surface area (Å²) in [5, 5.41) is 65.4. The number of alkyl carbamates (subject to hydrolysis) is 1. The van der Waals surface area contributed by atoms with Crippen LogP contribution in [0.2, 0.25) is 0 Å². The summed E-state index contributed by atoms with van der Waals surface area (Å²) in [6.07, 6.45) is -11.9. The van der Waals surface area contributed by atoms with Crippen molar-refractivity contribution in [3.8, 4) is 0 Å². The van der Waals surface area contributed by atoms with Gasteiger partial charge in [-0.25, -0.2) is 4.79 Å². The molecule has 198 valence electrons. The van der Waals surface area contributed by atoms with Crippen molar-refractivity contribution < 1.29 is 45.0 Å². The van der Waals surface area contributed by atoms with E-state index in [0.29, 0.717) is 18.5 Å².